The van der Waals surface area contributed by atoms with Gasteiger partial charge in [0.25, 0.3) is 0 Å². The molecule has 0 aliphatic heterocycles. The minimum absolute atomic E-state index is 0.0591. The van der Waals surface area contributed by atoms with Gasteiger partial charge in [0.2, 0.25) is 0 Å². The molecule has 1 aromatic heterocycles. The van der Waals surface area contributed by atoms with Gasteiger partial charge in [-0.25, -0.2) is 0 Å². The number of carbonyl (C=O) groups excluding carboxylic acids is 1. The molecule has 1 aromatic rings. The SMILES string of the molecule is COCCOCC(=O)c1sccc1Cl. The highest BCUT2D eigenvalue weighted by atomic mass is 35.5. The van der Waals surface area contributed by atoms with E-state index in [9.17, 15) is 4.79 Å². The molecule has 0 aliphatic carbocycles. The van der Waals surface area contributed by atoms with Crippen LogP contribution in [0.3, 0.4) is 0 Å². The summed E-state index contributed by atoms with van der Waals surface area (Å²) in [6.07, 6.45) is 0. The monoisotopic (exact) mass is 234 g/mol. The van der Waals surface area contributed by atoms with Crippen molar-refractivity contribution in [3.63, 3.8) is 0 Å². The van der Waals surface area contributed by atoms with Crippen LogP contribution in [0.15, 0.2) is 11.4 Å². The van der Waals surface area contributed by atoms with Crippen LogP contribution in [0.2, 0.25) is 5.02 Å². The third-order valence-electron chi connectivity index (χ3n) is 1.54. The van der Waals surface area contributed by atoms with Crippen LogP contribution in [-0.2, 0) is 9.47 Å². The number of rotatable bonds is 6. The van der Waals surface area contributed by atoms with Crippen LogP contribution in [0.4, 0.5) is 0 Å². The molecule has 0 aromatic carbocycles. The lowest BCUT2D eigenvalue weighted by Gasteiger charge is -2.01. The molecule has 0 spiro atoms. The van der Waals surface area contributed by atoms with Crippen LogP contribution in [0.1, 0.15) is 9.67 Å². The summed E-state index contributed by atoms with van der Waals surface area (Å²) in [5, 5.41) is 2.28. The maximum Gasteiger partial charge on any atom is 0.199 e. The maximum absolute atomic E-state index is 11.4. The predicted molar refractivity (Wildman–Crippen MR) is 56.4 cm³/mol. The highest BCUT2D eigenvalue weighted by Crippen LogP contribution is 2.22. The minimum atomic E-state index is -0.0823. The third-order valence-corrected chi connectivity index (χ3v) is 2.92. The molecule has 0 unspecified atom stereocenters. The molecule has 3 nitrogen and oxygen atoms in total. The van der Waals surface area contributed by atoms with Crippen LogP contribution in [0.5, 0.6) is 0 Å². The lowest BCUT2D eigenvalue weighted by Crippen LogP contribution is -2.11. The van der Waals surface area contributed by atoms with Gasteiger partial charge in [-0.05, 0) is 11.4 Å². The standard InChI is InChI=1S/C9H11ClO3S/c1-12-3-4-13-6-8(11)9-7(10)2-5-14-9/h2,5H,3-4,6H2,1H3. The van der Waals surface area contributed by atoms with Gasteiger partial charge in [-0.1, -0.05) is 11.6 Å². The van der Waals surface area contributed by atoms with E-state index in [0.29, 0.717) is 23.1 Å². The highest BCUT2D eigenvalue weighted by Gasteiger charge is 2.11. The van der Waals surface area contributed by atoms with Gasteiger partial charge in [0.05, 0.1) is 23.1 Å². The van der Waals surface area contributed by atoms with Crippen molar-refractivity contribution in [2.24, 2.45) is 0 Å². The Morgan fingerprint density at radius 2 is 2.36 bits per heavy atom. The number of hydrogen-bond acceptors (Lipinski definition) is 4. The quantitative estimate of drug-likeness (QED) is 0.560. The Morgan fingerprint density at radius 1 is 1.57 bits per heavy atom. The molecule has 0 fully saturated rings. The molecule has 0 atom stereocenters. The first kappa shape index (κ1) is 11.7. The van der Waals surface area contributed by atoms with Crippen molar-refractivity contribution in [1.82, 2.24) is 0 Å². The molecule has 5 heteroatoms. The molecule has 0 amide bonds. The summed E-state index contributed by atoms with van der Waals surface area (Å²) in [4.78, 5) is 12.0. The van der Waals surface area contributed by atoms with Crippen molar-refractivity contribution in [1.29, 1.82) is 0 Å². The first-order valence-corrected chi connectivity index (χ1v) is 5.34. The molecule has 14 heavy (non-hydrogen) atoms. The van der Waals surface area contributed by atoms with Gasteiger partial charge >= 0.3 is 0 Å². The van der Waals surface area contributed by atoms with E-state index in [1.54, 1.807) is 18.6 Å². The number of ketones is 1. The average Bonchev–Trinajstić information content (AvgIpc) is 2.59. The molecule has 0 bridgehead atoms. The van der Waals surface area contributed by atoms with Crippen molar-refractivity contribution in [2.45, 2.75) is 0 Å². The number of thiophene rings is 1. The van der Waals surface area contributed by atoms with Gasteiger partial charge < -0.3 is 9.47 Å². The lowest BCUT2D eigenvalue weighted by molar-refractivity contribution is 0.0580. The van der Waals surface area contributed by atoms with Crippen molar-refractivity contribution in [2.75, 3.05) is 26.9 Å². The topological polar surface area (TPSA) is 35.5 Å². The Kier molecular flexibility index (Phi) is 5.11. The second-order valence-corrected chi connectivity index (χ2v) is 3.89. The molecule has 1 heterocycles. The van der Waals surface area contributed by atoms with Gasteiger partial charge in [0.1, 0.15) is 6.61 Å². The lowest BCUT2D eigenvalue weighted by atomic mass is 10.3. The molecule has 0 N–H and O–H groups in total. The zero-order chi connectivity index (χ0) is 10.4. The van der Waals surface area contributed by atoms with Gasteiger partial charge in [-0.2, -0.15) is 0 Å². The fourth-order valence-corrected chi connectivity index (χ4v) is 1.95. The van der Waals surface area contributed by atoms with Crippen LogP contribution < -0.4 is 0 Å². The minimum Gasteiger partial charge on any atom is -0.382 e. The van der Waals surface area contributed by atoms with E-state index >= 15 is 0 Å². The van der Waals surface area contributed by atoms with Gasteiger partial charge in [-0.15, -0.1) is 11.3 Å². The molecule has 78 valence electrons. The third kappa shape index (κ3) is 3.38. The average molecular weight is 235 g/mol. The van der Waals surface area contributed by atoms with Gasteiger partial charge in [0.15, 0.2) is 5.78 Å². The fourth-order valence-electron chi connectivity index (χ4n) is 0.865. The predicted octanol–water partition coefficient (Wildman–Crippen LogP) is 2.25. The number of ether oxygens (including phenoxy) is 2. The van der Waals surface area contributed by atoms with Crippen molar-refractivity contribution in [3.05, 3.63) is 21.3 Å². The summed E-state index contributed by atoms with van der Waals surface area (Å²) in [5.41, 5.74) is 0. The summed E-state index contributed by atoms with van der Waals surface area (Å²) in [7, 11) is 1.58. The summed E-state index contributed by atoms with van der Waals surface area (Å²) in [6.45, 7) is 0.973. The van der Waals surface area contributed by atoms with E-state index in [2.05, 4.69) is 0 Å². The van der Waals surface area contributed by atoms with E-state index in [-0.39, 0.29) is 12.4 Å². The molecule has 0 saturated carbocycles. The maximum atomic E-state index is 11.4. The molecule has 0 saturated heterocycles. The van der Waals surface area contributed by atoms with Crippen LogP contribution >= 0.6 is 22.9 Å². The summed E-state index contributed by atoms with van der Waals surface area (Å²) < 4.78 is 9.87. The number of methoxy groups -OCH3 is 1. The highest BCUT2D eigenvalue weighted by molar-refractivity contribution is 7.12. The first-order valence-electron chi connectivity index (χ1n) is 4.08. The van der Waals surface area contributed by atoms with Crippen LogP contribution in [0.25, 0.3) is 0 Å². The molecule has 0 aliphatic rings. The van der Waals surface area contributed by atoms with Crippen LogP contribution in [0, 0.1) is 0 Å². The smallest absolute Gasteiger partial charge is 0.199 e. The molecule has 0 radical (unpaired) electrons. The van der Waals surface area contributed by atoms with Gasteiger partial charge in [-0.3, -0.25) is 4.79 Å². The van der Waals surface area contributed by atoms with Crippen molar-refractivity contribution >= 4 is 28.7 Å². The molecular formula is C9H11ClO3S. The number of carbonyl (C=O) groups is 1. The van der Waals surface area contributed by atoms with E-state index in [1.165, 1.54) is 11.3 Å². The molecule has 1 rings (SSSR count). The Hall–Kier alpha value is -0.420. The Balaban J connectivity index is 2.32. The van der Waals surface area contributed by atoms with Crippen molar-refractivity contribution in [3.8, 4) is 0 Å². The zero-order valence-electron chi connectivity index (χ0n) is 7.79. The van der Waals surface area contributed by atoms with E-state index in [0.717, 1.165) is 0 Å². The summed E-state index contributed by atoms with van der Waals surface area (Å²) in [5.74, 6) is -0.0823. The van der Waals surface area contributed by atoms with Crippen LogP contribution in [-0.4, -0.2) is 32.7 Å². The molecular weight excluding hydrogens is 224 g/mol. The Morgan fingerprint density at radius 3 is 2.93 bits per heavy atom. The normalized spacial score (nSPS) is 10.4. The first-order chi connectivity index (χ1) is 6.75. The Bertz CT molecular complexity index is 298. The summed E-state index contributed by atoms with van der Waals surface area (Å²) in [6, 6.07) is 1.70. The number of hydrogen-bond donors (Lipinski definition) is 0. The Labute approximate surface area is 91.6 Å². The van der Waals surface area contributed by atoms with Crippen molar-refractivity contribution < 1.29 is 14.3 Å². The van der Waals surface area contributed by atoms with Gasteiger partial charge in [0, 0.05) is 7.11 Å². The second kappa shape index (κ2) is 6.14. The fraction of sp³-hybridized carbons (Fsp3) is 0.444. The van der Waals surface area contributed by atoms with E-state index in [4.69, 9.17) is 21.1 Å². The second-order valence-electron chi connectivity index (χ2n) is 2.57. The zero-order valence-corrected chi connectivity index (χ0v) is 9.36. The largest absolute Gasteiger partial charge is 0.382 e. The van der Waals surface area contributed by atoms with E-state index in [1.807, 2.05) is 0 Å². The summed E-state index contributed by atoms with van der Waals surface area (Å²) >= 11 is 7.11. The number of Topliss-reactive ketones (excluding diaryl/α,β-unsaturated/α-hetero) is 1. The van der Waals surface area contributed by atoms with E-state index < -0.39 is 0 Å². The number of halogens is 1.